The molecule has 3 atom stereocenters. The molecule has 2 N–H and O–H groups in total. The first kappa shape index (κ1) is 72.9. The number of ether oxygens (including phenoxy) is 3. The zero-order valence-electron chi connectivity index (χ0n) is 48.7. The second kappa shape index (κ2) is 58.1. The molecule has 0 fully saturated rings. The maximum atomic E-state index is 12.9. The number of allylic oxidation sites excluding steroid dienone is 12. The number of hydrogen-bond acceptors (Lipinski definition) is 10. The van der Waals surface area contributed by atoms with E-state index in [0.29, 0.717) is 19.3 Å². The van der Waals surface area contributed by atoms with Gasteiger partial charge in [0.1, 0.15) is 12.7 Å². The summed E-state index contributed by atoms with van der Waals surface area (Å²) in [4.78, 5) is 48.7. The summed E-state index contributed by atoms with van der Waals surface area (Å²) in [5, 5.41) is 9.82. The molecule has 12 heteroatoms. The summed E-state index contributed by atoms with van der Waals surface area (Å²) in [6, 6.07) is 0. The lowest BCUT2D eigenvalue weighted by atomic mass is 10.1. The van der Waals surface area contributed by atoms with Crippen LogP contribution in [-0.2, 0) is 42.2 Å². The quantitative estimate of drug-likeness (QED) is 0.0197. The molecule has 0 aliphatic heterocycles. The third-order valence-corrected chi connectivity index (χ3v) is 14.0. The average Bonchev–Trinajstić information content (AvgIpc) is 3.41. The van der Waals surface area contributed by atoms with Gasteiger partial charge in [-0.25, -0.2) is 4.57 Å². The Bertz CT molecular complexity index is 1550. The van der Waals surface area contributed by atoms with Crippen LogP contribution in [0.4, 0.5) is 0 Å². The summed E-state index contributed by atoms with van der Waals surface area (Å²) in [5.41, 5.74) is 0. The molecule has 0 aliphatic rings. The molecular weight excluding hydrogens is 976 g/mol. The fourth-order valence-corrected chi connectivity index (χ4v) is 9.19. The van der Waals surface area contributed by atoms with E-state index in [0.717, 1.165) is 116 Å². The fourth-order valence-electron chi connectivity index (χ4n) is 8.40. The predicted molar refractivity (Wildman–Crippen MR) is 316 cm³/mol. The van der Waals surface area contributed by atoms with Crippen molar-refractivity contribution in [2.45, 2.75) is 290 Å². The SMILES string of the molecule is CC/C=C\C/C=C\C/C=C\CCCCCCCCCC(=O)OCC(COP(=O)(O)OCC(CO)OC(=O)CCCCCCC/C=C\C/C=C\CCC)OC(=O)CCCCCCCCCCC/C=C\CCCCCCCC. The summed E-state index contributed by atoms with van der Waals surface area (Å²) in [6.45, 7) is 4.47. The number of carbonyl (C=O) groups is 3. The number of hydrogen-bond donors (Lipinski definition) is 2. The van der Waals surface area contributed by atoms with Gasteiger partial charge in [0.05, 0.1) is 19.8 Å². The second-order valence-electron chi connectivity index (χ2n) is 20.5. The Morgan fingerprint density at radius 3 is 1.12 bits per heavy atom. The highest BCUT2D eigenvalue weighted by molar-refractivity contribution is 7.47. The Morgan fingerprint density at radius 1 is 0.382 bits per heavy atom. The van der Waals surface area contributed by atoms with Gasteiger partial charge in [-0.2, -0.15) is 0 Å². The number of unbranched alkanes of at least 4 members (excludes halogenated alkanes) is 28. The Labute approximate surface area is 465 Å². The number of aliphatic hydroxyl groups excluding tert-OH is 1. The molecule has 0 aliphatic carbocycles. The highest BCUT2D eigenvalue weighted by Gasteiger charge is 2.28. The topological polar surface area (TPSA) is 155 Å². The van der Waals surface area contributed by atoms with Crippen LogP contribution in [0.1, 0.15) is 278 Å². The van der Waals surface area contributed by atoms with E-state index in [2.05, 4.69) is 93.7 Å². The van der Waals surface area contributed by atoms with Crippen LogP contribution in [0, 0.1) is 0 Å². The molecule has 0 heterocycles. The maximum absolute atomic E-state index is 12.9. The van der Waals surface area contributed by atoms with Crippen LogP contribution in [0.25, 0.3) is 0 Å². The zero-order chi connectivity index (χ0) is 55.5. The van der Waals surface area contributed by atoms with Gasteiger partial charge in [0.15, 0.2) is 6.10 Å². The minimum Gasteiger partial charge on any atom is -0.462 e. The molecule has 440 valence electrons. The zero-order valence-corrected chi connectivity index (χ0v) is 49.6. The molecule has 0 aromatic heterocycles. The van der Waals surface area contributed by atoms with E-state index in [1.165, 1.54) is 103 Å². The molecule has 0 aromatic carbocycles. The highest BCUT2D eigenvalue weighted by Crippen LogP contribution is 2.43. The number of phosphoric ester groups is 1. The van der Waals surface area contributed by atoms with Gasteiger partial charge in [0.25, 0.3) is 0 Å². The molecule has 0 amide bonds. The number of aliphatic hydroxyl groups is 1. The van der Waals surface area contributed by atoms with Gasteiger partial charge in [-0.05, 0) is 103 Å². The largest absolute Gasteiger partial charge is 0.472 e. The summed E-state index contributed by atoms with van der Waals surface area (Å²) in [7, 11) is -4.76. The summed E-state index contributed by atoms with van der Waals surface area (Å²) < 4.78 is 39.6. The Morgan fingerprint density at radius 2 is 0.711 bits per heavy atom. The van der Waals surface area contributed by atoms with E-state index < -0.39 is 57.8 Å². The van der Waals surface area contributed by atoms with Crippen molar-refractivity contribution in [2.24, 2.45) is 0 Å². The highest BCUT2D eigenvalue weighted by atomic mass is 31.2. The van der Waals surface area contributed by atoms with Crippen LogP contribution in [0.5, 0.6) is 0 Å². The lowest BCUT2D eigenvalue weighted by Gasteiger charge is -2.21. The van der Waals surface area contributed by atoms with E-state index >= 15 is 0 Å². The lowest BCUT2D eigenvalue weighted by Crippen LogP contribution is -2.30. The first-order valence-corrected chi connectivity index (χ1v) is 32.3. The Balaban J connectivity index is 4.73. The number of esters is 3. The van der Waals surface area contributed by atoms with E-state index in [1.807, 2.05) is 0 Å². The van der Waals surface area contributed by atoms with Gasteiger partial charge in [-0.3, -0.25) is 23.4 Å². The Kier molecular flexibility index (Phi) is 55.7. The van der Waals surface area contributed by atoms with Crippen LogP contribution in [0.2, 0.25) is 0 Å². The predicted octanol–water partition coefficient (Wildman–Crippen LogP) is 18.5. The normalized spacial score (nSPS) is 13.8. The number of phosphoric acid groups is 1. The summed E-state index contributed by atoms with van der Waals surface area (Å²) in [6.07, 6.45) is 65.7. The van der Waals surface area contributed by atoms with Gasteiger partial charge >= 0.3 is 25.7 Å². The maximum Gasteiger partial charge on any atom is 0.472 e. The monoisotopic (exact) mass is 1090 g/mol. The van der Waals surface area contributed by atoms with Crippen LogP contribution in [0.15, 0.2) is 72.9 Å². The van der Waals surface area contributed by atoms with E-state index in [-0.39, 0.29) is 25.9 Å². The molecule has 0 saturated heterocycles. The third kappa shape index (κ3) is 55.7. The lowest BCUT2D eigenvalue weighted by molar-refractivity contribution is -0.161. The molecule has 0 bridgehead atoms. The number of rotatable bonds is 57. The molecule has 0 spiro atoms. The van der Waals surface area contributed by atoms with Crippen LogP contribution >= 0.6 is 7.82 Å². The van der Waals surface area contributed by atoms with Crippen molar-refractivity contribution in [1.29, 1.82) is 0 Å². The van der Waals surface area contributed by atoms with Crippen molar-refractivity contribution in [3.63, 3.8) is 0 Å². The van der Waals surface area contributed by atoms with Crippen LogP contribution < -0.4 is 0 Å². The van der Waals surface area contributed by atoms with E-state index in [9.17, 15) is 28.9 Å². The summed E-state index contributed by atoms with van der Waals surface area (Å²) in [5.74, 6) is -1.48. The van der Waals surface area contributed by atoms with Crippen molar-refractivity contribution < 1.29 is 52.2 Å². The average molecular weight is 1090 g/mol. The van der Waals surface area contributed by atoms with Crippen LogP contribution in [-0.4, -0.2) is 66.5 Å². The van der Waals surface area contributed by atoms with Crippen molar-refractivity contribution in [2.75, 3.05) is 26.4 Å². The Hall–Kier alpha value is -3.08. The minimum absolute atomic E-state index is 0.159. The minimum atomic E-state index is -4.76. The standard InChI is InChI=1S/C64H113O11P/c1-4-7-10-13-16-19-22-25-27-29-30-32-34-37-40-43-46-49-52-55-64(68)75-61(57-71-62(66)53-50-47-44-41-38-36-33-31-28-26-23-20-17-14-11-8-5-2)59-73-76(69,70)72-58-60(56-65)74-63(67)54-51-48-45-42-39-35-24-21-18-15-12-9-6-3/h8,11-12,15,17,20-21,24-28,60-61,65H,4-7,9-10,13-14,16,18-19,22-23,29-59H2,1-3H3,(H,69,70)/b11-8-,15-12-,20-17-,24-21-,27-25-,28-26-. The van der Waals surface area contributed by atoms with Crippen molar-refractivity contribution in [3.8, 4) is 0 Å². The first-order valence-electron chi connectivity index (χ1n) is 30.8. The van der Waals surface area contributed by atoms with Crippen LogP contribution in [0.3, 0.4) is 0 Å². The molecule has 0 aromatic rings. The molecule has 76 heavy (non-hydrogen) atoms. The first-order chi connectivity index (χ1) is 37.2. The fraction of sp³-hybridized carbons (Fsp3) is 0.766. The summed E-state index contributed by atoms with van der Waals surface area (Å²) >= 11 is 0. The molecular formula is C64H113O11P. The number of carbonyl (C=O) groups excluding carboxylic acids is 3. The van der Waals surface area contributed by atoms with Gasteiger partial charge < -0.3 is 24.2 Å². The van der Waals surface area contributed by atoms with Crippen molar-refractivity contribution >= 4 is 25.7 Å². The smallest absolute Gasteiger partial charge is 0.462 e. The molecule has 0 rings (SSSR count). The van der Waals surface area contributed by atoms with Gasteiger partial charge in [0, 0.05) is 19.3 Å². The van der Waals surface area contributed by atoms with E-state index in [4.69, 9.17) is 23.3 Å². The van der Waals surface area contributed by atoms with Crippen molar-refractivity contribution in [3.05, 3.63) is 72.9 Å². The third-order valence-electron chi connectivity index (χ3n) is 13.1. The van der Waals surface area contributed by atoms with Crippen molar-refractivity contribution in [1.82, 2.24) is 0 Å². The van der Waals surface area contributed by atoms with Gasteiger partial charge in [-0.15, -0.1) is 0 Å². The molecule has 3 unspecified atom stereocenters. The molecule has 11 nitrogen and oxygen atoms in total. The van der Waals surface area contributed by atoms with Gasteiger partial charge in [0.2, 0.25) is 0 Å². The van der Waals surface area contributed by atoms with E-state index in [1.54, 1.807) is 0 Å². The second-order valence-corrected chi connectivity index (χ2v) is 21.9. The molecule has 0 saturated carbocycles. The van der Waals surface area contributed by atoms with Gasteiger partial charge in [-0.1, -0.05) is 229 Å². The molecule has 0 radical (unpaired) electrons.